The maximum atomic E-state index is 12.1. The van der Waals surface area contributed by atoms with E-state index in [1.165, 1.54) is 4.90 Å². The van der Waals surface area contributed by atoms with Crippen LogP contribution in [0.25, 0.3) is 0 Å². The lowest BCUT2D eigenvalue weighted by Gasteiger charge is -2.18. The maximum Gasteiger partial charge on any atom is 0.260 e. The van der Waals surface area contributed by atoms with Gasteiger partial charge in [0.25, 0.3) is 5.91 Å². The number of aryl methyl sites for hydroxylation is 1. The third-order valence-electron chi connectivity index (χ3n) is 3.32. The quantitative estimate of drug-likeness (QED) is 0.644. The topological polar surface area (TPSA) is 77.1 Å². The Bertz CT molecular complexity index is 548. The predicted octanol–water partition coefficient (Wildman–Crippen LogP) is 0.994. The van der Waals surface area contributed by atoms with Crippen LogP contribution in [0.2, 0.25) is 0 Å². The maximum absolute atomic E-state index is 12.1. The van der Waals surface area contributed by atoms with Crippen LogP contribution >= 0.6 is 0 Å². The Morgan fingerprint density at radius 2 is 1.96 bits per heavy atom. The van der Waals surface area contributed by atoms with Gasteiger partial charge in [-0.25, -0.2) is 0 Å². The fourth-order valence-corrected chi connectivity index (χ4v) is 1.95. The molecule has 0 aromatic heterocycles. The lowest BCUT2D eigenvalue weighted by molar-refractivity contribution is -0.136. The first-order chi connectivity index (χ1) is 11.5. The van der Waals surface area contributed by atoms with Gasteiger partial charge in [0.15, 0.2) is 18.1 Å². The predicted molar refractivity (Wildman–Crippen MR) is 90.4 cm³/mol. The number of methoxy groups -OCH3 is 2. The van der Waals surface area contributed by atoms with E-state index < -0.39 is 0 Å². The minimum absolute atomic E-state index is 0.0137. The molecule has 0 aliphatic heterocycles. The van der Waals surface area contributed by atoms with Crippen molar-refractivity contribution >= 4 is 11.8 Å². The largest absolute Gasteiger partial charge is 0.493 e. The molecule has 0 aliphatic carbocycles. The fraction of sp³-hybridized carbons (Fsp3) is 0.529. The van der Waals surface area contributed by atoms with Gasteiger partial charge in [-0.05, 0) is 31.0 Å². The van der Waals surface area contributed by atoms with E-state index in [4.69, 9.17) is 14.2 Å². The lowest BCUT2D eigenvalue weighted by atomic mass is 10.2. The smallest absolute Gasteiger partial charge is 0.260 e. The summed E-state index contributed by atoms with van der Waals surface area (Å²) in [5, 5.41) is 2.73. The van der Waals surface area contributed by atoms with Crippen molar-refractivity contribution in [2.45, 2.75) is 13.3 Å². The van der Waals surface area contributed by atoms with Crippen molar-refractivity contribution in [3.63, 3.8) is 0 Å². The summed E-state index contributed by atoms with van der Waals surface area (Å²) < 4.78 is 15.6. The normalized spacial score (nSPS) is 10.2. The molecule has 0 saturated heterocycles. The van der Waals surface area contributed by atoms with E-state index >= 15 is 0 Å². The first-order valence-electron chi connectivity index (χ1n) is 7.75. The van der Waals surface area contributed by atoms with Gasteiger partial charge in [0.2, 0.25) is 5.91 Å². The summed E-state index contributed by atoms with van der Waals surface area (Å²) in [6.45, 7) is 2.87. The van der Waals surface area contributed by atoms with Crippen LogP contribution < -0.4 is 14.8 Å². The minimum atomic E-state index is -0.287. The van der Waals surface area contributed by atoms with E-state index in [0.717, 1.165) is 12.0 Å². The number of nitrogens with zero attached hydrogens (tertiary/aromatic N) is 1. The van der Waals surface area contributed by atoms with E-state index in [-0.39, 0.29) is 25.0 Å². The van der Waals surface area contributed by atoms with Gasteiger partial charge in [0.05, 0.1) is 13.7 Å². The van der Waals surface area contributed by atoms with Crippen molar-refractivity contribution in [3.05, 3.63) is 23.8 Å². The Kier molecular flexibility index (Phi) is 8.64. The van der Waals surface area contributed by atoms with Gasteiger partial charge in [0, 0.05) is 27.3 Å². The zero-order valence-electron chi connectivity index (χ0n) is 14.8. The Hall–Kier alpha value is -2.28. The van der Waals surface area contributed by atoms with Gasteiger partial charge < -0.3 is 24.4 Å². The third kappa shape index (κ3) is 6.87. The van der Waals surface area contributed by atoms with E-state index in [9.17, 15) is 9.59 Å². The molecule has 0 aliphatic rings. The van der Waals surface area contributed by atoms with Gasteiger partial charge in [0.1, 0.15) is 0 Å². The van der Waals surface area contributed by atoms with E-state index in [0.29, 0.717) is 24.7 Å². The van der Waals surface area contributed by atoms with Crippen LogP contribution in [-0.4, -0.2) is 64.3 Å². The third-order valence-corrected chi connectivity index (χ3v) is 3.32. The number of nitrogens with one attached hydrogen (secondary N) is 1. The molecule has 1 aromatic rings. The van der Waals surface area contributed by atoms with Crippen molar-refractivity contribution < 1.29 is 23.8 Å². The van der Waals surface area contributed by atoms with Crippen molar-refractivity contribution in [2.24, 2.45) is 0 Å². The molecule has 0 bridgehead atoms. The van der Waals surface area contributed by atoms with Gasteiger partial charge >= 0.3 is 0 Å². The first kappa shape index (κ1) is 19.8. The summed E-state index contributed by atoms with van der Waals surface area (Å²) in [6.07, 6.45) is 0.732. The number of carbonyl (C=O) groups is 2. The van der Waals surface area contributed by atoms with E-state index in [1.807, 2.05) is 19.1 Å². The van der Waals surface area contributed by atoms with Crippen LogP contribution in [0.1, 0.15) is 12.0 Å². The Morgan fingerprint density at radius 3 is 2.62 bits per heavy atom. The lowest BCUT2D eigenvalue weighted by Crippen LogP contribution is -2.40. The van der Waals surface area contributed by atoms with Crippen molar-refractivity contribution in [2.75, 3.05) is 47.6 Å². The second kappa shape index (κ2) is 10.5. The Labute approximate surface area is 142 Å². The van der Waals surface area contributed by atoms with E-state index in [1.54, 1.807) is 27.3 Å². The van der Waals surface area contributed by atoms with Gasteiger partial charge in [-0.15, -0.1) is 0 Å². The molecule has 1 rings (SSSR count). The summed E-state index contributed by atoms with van der Waals surface area (Å²) in [5.41, 5.74) is 1.03. The molecule has 2 amide bonds. The summed E-state index contributed by atoms with van der Waals surface area (Å²) in [6, 6.07) is 5.46. The van der Waals surface area contributed by atoms with Crippen molar-refractivity contribution in [1.82, 2.24) is 10.2 Å². The number of hydrogen-bond donors (Lipinski definition) is 1. The van der Waals surface area contributed by atoms with Gasteiger partial charge in [-0.1, -0.05) is 6.07 Å². The van der Waals surface area contributed by atoms with Crippen molar-refractivity contribution in [3.8, 4) is 11.5 Å². The molecule has 7 heteroatoms. The number of amides is 2. The van der Waals surface area contributed by atoms with Gasteiger partial charge in [-0.2, -0.15) is 0 Å². The molecule has 0 unspecified atom stereocenters. The molecule has 7 nitrogen and oxygen atoms in total. The molecule has 0 heterocycles. The molecule has 134 valence electrons. The molecule has 0 radical (unpaired) electrons. The highest BCUT2D eigenvalue weighted by Crippen LogP contribution is 2.27. The Morgan fingerprint density at radius 1 is 1.21 bits per heavy atom. The van der Waals surface area contributed by atoms with Gasteiger partial charge in [-0.3, -0.25) is 9.59 Å². The molecule has 0 saturated carbocycles. The fourth-order valence-electron chi connectivity index (χ4n) is 1.95. The number of hydrogen-bond acceptors (Lipinski definition) is 5. The zero-order valence-corrected chi connectivity index (χ0v) is 14.8. The Balaban J connectivity index is 2.40. The molecule has 24 heavy (non-hydrogen) atoms. The van der Waals surface area contributed by atoms with Crippen LogP contribution in [0.3, 0.4) is 0 Å². The van der Waals surface area contributed by atoms with E-state index in [2.05, 4.69) is 5.32 Å². The zero-order chi connectivity index (χ0) is 17.9. The summed E-state index contributed by atoms with van der Waals surface area (Å²) in [7, 11) is 4.72. The highest BCUT2D eigenvalue weighted by atomic mass is 16.5. The summed E-state index contributed by atoms with van der Waals surface area (Å²) in [4.78, 5) is 25.1. The number of carbonyl (C=O) groups excluding carboxylic acids is 2. The number of rotatable bonds is 10. The minimum Gasteiger partial charge on any atom is -0.493 e. The second-order valence-electron chi connectivity index (χ2n) is 5.39. The molecular formula is C17H26N2O5. The molecule has 0 spiro atoms. The number of ether oxygens (including phenoxy) is 3. The molecular weight excluding hydrogens is 312 g/mol. The average Bonchev–Trinajstić information content (AvgIpc) is 2.57. The molecule has 1 N–H and O–H groups in total. The standard InChI is InChI=1S/C17H26N2O5/c1-13-6-7-14(15(10-13)23-4)24-12-17(21)19(2)11-16(20)18-8-5-9-22-3/h6-7,10H,5,8-9,11-12H2,1-4H3,(H,18,20). The van der Waals surface area contributed by atoms with Crippen LogP contribution in [0, 0.1) is 6.92 Å². The SMILES string of the molecule is COCCCNC(=O)CN(C)C(=O)COc1ccc(C)cc1OC. The molecule has 1 aromatic carbocycles. The van der Waals surface area contributed by atoms with Crippen LogP contribution in [-0.2, 0) is 14.3 Å². The highest BCUT2D eigenvalue weighted by molar-refractivity contribution is 5.85. The van der Waals surface area contributed by atoms with Crippen LogP contribution in [0.15, 0.2) is 18.2 Å². The highest BCUT2D eigenvalue weighted by Gasteiger charge is 2.14. The molecule has 0 atom stereocenters. The van der Waals surface area contributed by atoms with Crippen molar-refractivity contribution in [1.29, 1.82) is 0 Å². The average molecular weight is 338 g/mol. The number of likely N-dealkylation sites (N-methyl/N-ethyl adjacent to an activating group) is 1. The summed E-state index contributed by atoms with van der Waals surface area (Å²) in [5.74, 6) is 0.565. The summed E-state index contributed by atoms with van der Waals surface area (Å²) >= 11 is 0. The first-order valence-corrected chi connectivity index (χ1v) is 7.75. The van der Waals surface area contributed by atoms with Crippen LogP contribution in [0.4, 0.5) is 0 Å². The monoisotopic (exact) mass is 338 g/mol. The number of benzene rings is 1. The van der Waals surface area contributed by atoms with Crippen LogP contribution in [0.5, 0.6) is 11.5 Å². The molecule has 0 fully saturated rings. The second-order valence-corrected chi connectivity index (χ2v) is 5.39.